The first-order valence-corrected chi connectivity index (χ1v) is 10.8. The second kappa shape index (κ2) is 8.10. The fourth-order valence-electron chi connectivity index (χ4n) is 4.20. The number of β-amino-alcohol motifs (C(OH)–C–C–N with tert-alkyl or cyclic N) is 1. The van der Waals surface area contributed by atoms with Crippen LogP contribution in [0.15, 0.2) is 12.3 Å². The van der Waals surface area contributed by atoms with E-state index in [2.05, 4.69) is 31.4 Å². The van der Waals surface area contributed by atoms with Gasteiger partial charge < -0.3 is 14.9 Å². The predicted molar refractivity (Wildman–Crippen MR) is 104 cm³/mol. The summed E-state index contributed by atoms with van der Waals surface area (Å²) in [6.07, 6.45) is 5.98. The molecule has 3 saturated heterocycles. The first kappa shape index (κ1) is 17.4. The van der Waals surface area contributed by atoms with Gasteiger partial charge in [-0.05, 0) is 31.7 Å². The van der Waals surface area contributed by atoms with Crippen molar-refractivity contribution < 1.29 is 5.11 Å². The van der Waals surface area contributed by atoms with Crippen LogP contribution in [0.1, 0.15) is 25.7 Å². The van der Waals surface area contributed by atoms with Crippen molar-refractivity contribution in [1.82, 2.24) is 14.9 Å². The predicted octanol–water partition coefficient (Wildman–Crippen LogP) is 1.46. The van der Waals surface area contributed by atoms with Crippen LogP contribution in [0.3, 0.4) is 0 Å². The Morgan fingerprint density at radius 3 is 2.56 bits per heavy atom. The van der Waals surface area contributed by atoms with Crippen LogP contribution in [0.25, 0.3) is 0 Å². The van der Waals surface area contributed by atoms with E-state index in [1.54, 1.807) is 0 Å². The van der Waals surface area contributed by atoms with Crippen LogP contribution in [-0.2, 0) is 0 Å². The molecular weight excluding hydrogens is 334 g/mol. The first-order chi connectivity index (χ1) is 12.3. The molecule has 1 atom stereocenters. The Hall–Kier alpha value is -1.05. The normalized spacial score (nSPS) is 26.8. The molecule has 6 nitrogen and oxygen atoms in total. The standard InChI is InChI=1S/C18H29N5OS/c24-16-2-1-7-23(14-16)17-3-6-19-18(20-17)22-8-4-15(5-9-22)21-10-12-25-13-11-21/h3,6,15-16,24H,1-2,4-5,7-14H2. The van der Waals surface area contributed by atoms with Gasteiger partial charge >= 0.3 is 0 Å². The fraction of sp³-hybridized carbons (Fsp3) is 0.778. The van der Waals surface area contributed by atoms with E-state index >= 15 is 0 Å². The zero-order valence-corrected chi connectivity index (χ0v) is 15.7. The Balaban J connectivity index is 1.37. The monoisotopic (exact) mass is 363 g/mol. The van der Waals surface area contributed by atoms with Crippen LogP contribution < -0.4 is 9.80 Å². The zero-order chi connectivity index (χ0) is 17.1. The molecule has 0 aromatic carbocycles. The molecule has 0 amide bonds. The highest BCUT2D eigenvalue weighted by Gasteiger charge is 2.27. The number of hydrogen-bond donors (Lipinski definition) is 1. The smallest absolute Gasteiger partial charge is 0.227 e. The van der Waals surface area contributed by atoms with Crippen LogP contribution in [0.2, 0.25) is 0 Å². The maximum Gasteiger partial charge on any atom is 0.227 e. The van der Waals surface area contributed by atoms with E-state index in [1.165, 1.54) is 37.4 Å². The van der Waals surface area contributed by atoms with E-state index in [0.29, 0.717) is 6.54 Å². The van der Waals surface area contributed by atoms with Crippen molar-refractivity contribution in [2.75, 3.05) is 60.6 Å². The second-order valence-corrected chi connectivity index (χ2v) is 8.55. The molecule has 0 radical (unpaired) electrons. The highest BCUT2D eigenvalue weighted by atomic mass is 32.2. The largest absolute Gasteiger partial charge is 0.391 e. The van der Waals surface area contributed by atoms with Gasteiger partial charge in [-0.25, -0.2) is 4.98 Å². The molecule has 3 aliphatic rings. The van der Waals surface area contributed by atoms with E-state index in [0.717, 1.165) is 50.3 Å². The number of piperidine rings is 2. The minimum atomic E-state index is -0.231. The van der Waals surface area contributed by atoms with Crippen LogP contribution in [-0.4, -0.2) is 82.9 Å². The Bertz CT molecular complexity index is 560. The molecule has 1 aromatic rings. The number of thioether (sulfide) groups is 1. The molecule has 0 saturated carbocycles. The number of aliphatic hydroxyl groups is 1. The van der Waals surface area contributed by atoms with E-state index in [9.17, 15) is 5.11 Å². The number of hydrogen-bond acceptors (Lipinski definition) is 7. The Kier molecular flexibility index (Phi) is 5.63. The summed E-state index contributed by atoms with van der Waals surface area (Å²) in [6, 6.07) is 2.71. The molecule has 3 fully saturated rings. The highest BCUT2D eigenvalue weighted by molar-refractivity contribution is 7.99. The van der Waals surface area contributed by atoms with Crippen LogP contribution in [0.4, 0.5) is 11.8 Å². The van der Waals surface area contributed by atoms with Crippen molar-refractivity contribution in [2.45, 2.75) is 37.8 Å². The van der Waals surface area contributed by atoms with Crippen molar-refractivity contribution >= 4 is 23.5 Å². The molecule has 25 heavy (non-hydrogen) atoms. The molecule has 0 aliphatic carbocycles. The van der Waals surface area contributed by atoms with Crippen LogP contribution >= 0.6 is 11.8 Å². The molecule has 4 heterocycles. The third-order valence-corrected chi connectivity index (χ3v) is 6.60. The molecule has 3 aliphatic heterocycles. The topological polar surface area (TPSA) is 55.7 Å². The SMILES string of the molecule is OC1CCCN(c2ccnc(N3CCC(N4CCSCC4)CC3)n2)C1. The van der Waals surface area contributed by atoms with Gasteiger partial charge in [0.05, 0.1) is 6.10 Å². The van der Waals surface area contributed by atoms with Gasteiger partial charge in [0.1, 0.15) is 5.82 Å². The molecule has 1 N–H and O–H groups in total. The summed E-state index contributed by atoms with van der Waals surface area (Å²) in [4.78, 5) is 16.5. The van der Waals surface area contributed by atoms with E-state index in [4.69, 9.17) is 4.98 Å². The Morgan fingerprint density at radius 1 is 1.00 bits per heavy atom. The van der Waals surface area contributed by atoms with Crippen molar-refractivity contribution in [3.05, 3.63) is 12.3 Å². The van der Waals surface area contributed by atoms with E-state index in [-0.39, 0.29) is 6.10 Å². The van der Waals surface area contributed by atoms with Crippen molar-refractivity contribution in [2.24, 2.45) is 0 Å². The maximum absolute atomic E-state index is 9.91. The minimum absolute atomic E-state index is 0.231. The van der Waals surface area contributed by atoms with E-state index in [1.807, 2.05) is 12.3 Å². The number of rotatable bonds is 3. The number of nitrogens with zero attached hydrogens (tertiary/aromatic N) is 5. The van der Waals surface area contributed by atoms with Gasteiger partial charge in [0.15, 0.2) is 0 Å². The van der Waals surface area contributed by atoms with Gasteiger partial charge in [-0.3, -0.25) is 4.90 Å². The number of aliphatic hydroxyl groups excluding tert-OH is 1. The molecule has 138 valence electrons. The molecule has 4 rings (SSSR count). The van der Waals surface area contributed by atoms with Crippen molar-refractivity contribution in [3.8, 4) is 0 Å². The fourth-order valence-corrected chi connectivity index (χ4v) is 5.14. The number of anilines is 2. The summed E-state index contributed by atoms with van der Waals surface area (Å²) in [6.45, 7) is 6.24. The highest BCUT2D eigenvalue weighted by Crippen LogP contribution is 2.24. The summed E-state index contributed by atoms with van der Waals surface area (Å²) in [5.41, 5.74) is 0. The van der Waals surface area contributed by atoms with Crippen molar-refractivity contribution in [3.63, 3.8) is 0 Å². The molecule has 1 unspecified atom stereocenters. The lowest BCUT2D eigenvalue weighted by molar-refractivity contribution is 0.154. The van der Waals surface area contributed by atoms with Crippen LogP contribution in [0.5, 0.6) is 0 Å². The summed E-state index contributed by atoms with van der Waals surface area (Å²) in [5.74, 6) is 4.38. The average Bonchev–Trinajstić information content (AvgIpc) is 2.69. The minimum Gasteiger partial charge on any atom is -0.391 e. The quantitative estimate of drug-likeness (QED) is 0.872. The zero-order valence-electron chi connectivity index (χ0n) is 14.9. The second-order valence-electron chi connectivity index (χ2n) is 7.32. The van der Waals surface area contributed by atoms with Gasteiger partial charge in [-0.1, -0.05) is 0 Å². The summed E-state index contributed by atoms with van der Waals surface area (Å²) in [7, 11) is 0. The molecule has 0 spiro atoms. The lowest BCUT2D eigenvalue weighted by Gasteiger charge is -2.40. The van der Waals surface area contributed by atoms with Crippen molar-refractivity contribution in [1.29, 1.82) is 0 Å². The van der Waals surface area contributed by atoms with Gasteiger partial charge in [0.2, 0.25) is 5.95 Å². The lowest BCUT2D eigenvalue weighted by atomic mass is 10.0. The Labute approximate surface area is 154 Å². The van der Waals surface area contributed by atoms with Gasteiger partial charge in [-0.2, -0.15) is 16.7 Å². The van der Waals surface area contributed by atoms with E-state index < -0.39 is 0 Å². The van der Waals surface area contributed by atoms with Crippen LogP contribution in [0, 0.1) is 0 Å². The van der Waals surface area contributed by atoms with Gasteiger partial charge in [0.25, 0.3) is 0 Å². The summed E-state index contributed by atoms with van der Waals surface area (Å²) < 4.78 is 0. The lowest BCUT2D eigenvalue weighted by Crippen LogP contribution is -2.48. The van der Waals surface area contributed by atoms with Gasteiger partial charge in [0, 0.05) is 63.0 Å². The molecular formula is C18H29N5OS. The average molecular weight is 364 g/mol. The molecule has 0 bridgehead atoms. The third-order valence-electron chi connectivity index (χ3n) is 5.66. The maximum atomic E-state index is 9.91. The Morgan fingerprint density at radius 2 is 1.80 bits per heavy atom. The number of aromatic nitrogens is 2. The molecule has 7 heteroatoms. The van der Waals surface area contributed by atoms with Gasteiger partial charge in [-0.15, -0.1) is 0 Å². The summed E-state index contributed by atoms with van der Waals surface area (Å²) in [5, 5.41) is 9.91. The summed E-state index contributed by atoms with van der Waals surface area (Å²) >= 11 is 2.08. The molecule has 1 aromatic heterocycles. The third kappa shape index (κ3) is 4.20. The first-order valence-electron chi connectivity index (χ1n) is 9.62.